The lowest BCUT2D eigenvalue weighted by Gasteiger charge is -2.21. The van der Waals surface area contributed by atoms with Crippen LogP contribution in [0.2, 0.25) is 0 Å². The maximum atomic E-state index is 5.65. The lowest BCUT2D eigenvalue weighted by Crippen LogP contribution is -2.50. The zero-order valence-electron chi connectivity index (χ0n) is 12.2. The highest BCUT2D eigenvalue weighted by Gasteiger charge is 2.28. The summed E-state index contributed by atoms with van der Waals surface area (Å²) in [5.74, 6) is 0. The number of rotatable bonds is 3. The summed E-state index contributed by atoms with van der Waals surface area (Å²) in [7, 11) is 0. The fourth-order valence-electron chi connectivity index (χ4n) is 2.40. The number of imidazole rings is 1. The molecule has 0 bridgehead atoms. The van der Waals surface area contributed by atoms with E-state index in [1.54, 1.807) is 12.4 Å². The van der Waals surface area contributed by atoms with Crippen molar-refractivity contribution < 1.29 is 0 Å². The van der Waals surface area contributed by atoms with Crippen LogP contribution in [0.1, 0.15) is 20.8 Å². The lowest BCUT2D eigenvalue weighted by atomic mass is 9.56. The van der Waals surface area contributed by atoms with E-state index >= 15 is 0 Å². The van der Waals surface area contributed by atoms with Crippen molar-refractivity contribution in [1.82, 2.24) is 29.4 Å². The smallest absolute Gasteiger partial charge is 0.356 e. The van der Waals surface area contributed by atoms with Crippen LogP contribution in [0, 0.1) is 4.77 Å². The molecule has 0 aliphatic heterocycles. The van der Waals surface area contributed by atoms with Gasteiger partial charge in [0.15, 0.2) is 4.77 Å². The van der Waals surface area contributed by atoms with Gasteiger partial charge in [0.05, 0.1) is 0 Å². The van der Waals surface area contributed by atoms with Gasteiger partial charge in [-0.15, -0.1) is 0 Å². The summed E-state index contributed by atoms with van der Waals surface area (Å²) < 4.78 is 4.89. The molecular weight excluding hydrogens is 283 g/mol. The Kier molecular flexibility index (Phi) is 3.33. The zero-order valence-corrected chi connectivity index (χ0v) is 13.1. The van der Waals surface area contributed by atoms with Crippen LogP contribution in [0.3, 0.4) is 0 Å². The standard InChI is InChI=1S/C13H17BN6S/c1-13(2,3)19-8-9-20(12(19)21)14(10-4-6-15-17-10)11-5-7-16-18-11/h4-9H,1-3H3,(H,15,17)(H,16,18). The highest BCUT2D eigenvalue weighted by Crippen LogP contribution is 2.15. The van der Waals surface area contributed by atoms with Gasteiger partial charge in [0, 0.05) is 41.5 Å². The van der Waals surface area contributed by atoms with E-state index in [0.29, 0.717) is 0 Å². The molecule has 0 unspecified atom stereocenters. The molecule has 21 heavy (non-hydrogen) atoms. The summed E-state index contributed by atoms with van der Waals surface area (Å²) in [5, 5.41) is 14.2. The Labute approximate surface area is 128 Å². The normalized spacial score (nSPS) is 11.8. The molecule has 108 valence electrons. The summed E-state index contributed by atoms with van der Waals surface area (Å²) in [4.78, 5) is 0. The monoisotopic (exact) mass is 300 g/mol. The van der Waals surface area contributed by atoms with E-state index in [-0.39, 0.29) is 12.4 Å². The molecule has 0 radical (unpaired) electrons. The van der Waals surface area contributed by atoms with Crippen LogP contribution in [0.4, 0.5) is 0 Å². The lowest BCUT2D eigenvalue weighted by molar-refractivity contribution is 0.391. The molecular formula is C13H17BN6S. The van der Waals surface area contributed by atoms with Gasteiger partial charge in [-0.1, -0.05) is 0 Å². The molecule has 2 N–H and O–H groups in total. The SMILES string of the molecule is CC(C)(C)n1ccn(B(c2ccn[nH]2)c2ccn[nH]2)c1=S. The van der Waals surface area contributed by atoms with Crippen LogP contribution < -0.4 is 11.2 Å². The molecule has 6 nitrogen and oxygen atoms in total. The Hall–Kier alpha value is -2.09. The number of nitrogens with zero attached hydrogens (tertiary/aromatic N) is 4. The molecule has 0 aromatic carbocycles. The summed E-state index contributed by atoms with van der Waals surface area (Å²) in [6.07, 6.45) is 7.49. The fourth-order valence-corrected chi connectivity index (χ4v) is 2.90. The van der Waals surface area contributed by atoms with Crippen LogP contribution in [-0.4, -0.2) is 36.3 Å². The van der Waals surface area contributed by atoms with E-state index in [0.717, 1.165) is 16.0 Å². The second-order valence-electron chi connectivity index (χ2n) is 5.96. The van der Waals surface area contributed by atoms with Gasteiger partial charge in [-0.2, -0.15) is 10.2 Å². The minimum absolute atomic E-state index is 0.0607. The van der Waals surface area contributed by atoms with Crippen molar-refractivity contribution in [1.29, 1.82) is 0 Å². The van der Waals surface area contributed by atoms with Crippen LogP contribution in [0.5, 0.6) is 0 Å². The Morgan fingerprint density at radius 3 is 2.00 bits per heavy atom. The maximum Gasteiger partial charge on any atom is 0.366 e. The minimum atomic E-state index is -0.0916. The number of hydrogen-bond acceptors (Lipinski definition) is 3. The van der Waals surface area contributed by atoms with Gasteiger partial charge >= 0.3 is 6.85 Å². The van der Waals surface area contributed by atoms with Crippen LogP contribution in [0.25, 0.3) is 0 Å². The Bertz CT molecular complexity index is 728. The largest absolute Gasteiger partial charge is 0.366 e. The van der Waals surface area contributed by atoms with E-state index in [1.807, 2.05) is 29.0 Å². The van der Waals surface area contributed by atoms with E-state index in [1.165, 1.54) is 0 Å². The van der Waals surface area contributed by atoms with E-state index < -0.39 is 0 Å². The molecule has 0 fully saturated rings. The second kappa shape index (κ2) is 5.03. The van der Waals surface area contributed by atoms with Crippen molar-refractivity contribution in [2.24, 2.45) is 0 Å². The van der Waals surface area contributed by atoms with Gasteiger partial charge in [0.1, 0.15) is 0 Å². The van der Waals surface area contributed by atoms with E-state index in [2.05, 4.69) is 45.7 Å². The molecule has 8 heteroatoms. The number of aromatic amines is 2. The maximum absolute atomic E-state index is 5.65. The molecule has 0 saturated carbocycles. The third-order valence-electron chi connectivity index (χ3n) is 3.44. The predicted octanol–water partition coefficient (Wildman–Crippen LogP) is 0.874. The molecule has 3 aromatic heterocycles. The van der Waals surface area contributed by atoms with Gasteiger partial charge < -0.3 is 9.05 Å². The van der Waals surface area contributed by atoms with Crippen LogP contribution in [-0.2, 0) is 5.54 Å². The molecule has 3 aromatic rings. The number of hydrogen-bond donors (Lipinski definition) is 2. The van der Waals surface area contributed by atoms with Crippen molar-refractivity contribution in [3.05, 3.63) is 41.7 Å². The van der Waals surface area contributed by atoms with Crippen molar-refractivity contribution in [3.63, 3.8) is 0 Å². The van der Waals surface area contributed by atoms with Crippen LogP contribution in [0.15, 0.2) is 36.9 Å². The fraction of sp³-hybridized carbons (Fsp3) is 0.308. The molecule has 0 atom stereocenters. The minimum Gasteiger partial charge on any atom is -0.356 e. The third kappa shape index (κ3) is 2.46. The van der Waals surface area contributed by atoms with Crippen LogP contribution >= 0.6 is 12.2 Å². The third-order valence-corrected chi connectivity index (χ3v) is 3.85. The quantitative estimate of drug-likeness (QED) is 0.557. The predicted molar refractivity (Wildman–Crippen MR) is 85.8 cm³/mol. The number of aromatic nitrogens is 6. The first-order valence-corrected chi connectivity index (χ1v) is 7.18. The topological polar surface area (TPSA) is 67.2 Å². The highest BCUT2D eigenvalue weighted by molar-refractivity contribution is 7.71. The highest BCUT2D eigenvalue weighted by atomic mass is 32.1. The molecule has 0 aliphatic carbocycles. The molecule has 3 heterocycles. The van der Waals surface area contributed by atoms with Gasteiger partial charge in [0.2, 0.25) is 0 Å². The van der Waals surface area contributed by atoms with Gasteiger partial charge in [-0.05, 0) is 45.1 Å². The summed E-state index contributed by atoms with van der Waals surface area (Å²) in [6, 6.07) is 3.89. The average Bonchev–Trinajstić information content (AvgIpc) is 3.13. The molecule has 0 aliphatic rings. The van der Waals surface area contributed by atoms with E-state index in [9.17, 15) is 0 Å². The Balaban J connectivity index is 2.15. The Morgan fingerprint density at radius 2 is 1.62 bits per heavy atom. The van der Waals surface area contributed by atoms with Crippen molar-refractivity contribution in [2.45, 2.75) is 26.3 Å². The van der Waals surface area contributed by atoms with Gasteiger partial charge in [0.25, 0.3) is 0 Å². The van der Waals surface area contributed by atoms with Crippen molar-refractivity contribution in [3.8, 4) is 0 Å². The molecule has 3 rings (SSSR count). The molecule has 0 spiro atoms. The average molecular weight is 300 g/mol. The Morgan fingerprint density at radius 1 is 1.05 bits per heavy atom. The summed E-state index contributed by atoms with van der Waals surface area (Å²) >= 11 is 5.65. The first kappa shape index (κ1) is 13.9. The zero-order chi connectivity index (χ0) is 15.0. The van der Waals surface area contributed by atoms with Gasteiger partial charge in [-0.25, -0.2) is 0 Å². The molecule has 0 amide bonds. The second-order valence-corrected chi connectivity index (χ2v) is 6.32. The first-order valence-electron chi connectivity index (χ1n) is 6.77. The van der Waals surface area contributed by atoms with E-state index in [4.69, 9.17) is 12.2 Å². The summed E-state index contributed by atoms with van der Waals surface area (Å²) in [6.45, 7) is 6.31. The molecule has 0 saturated heterocycles. The number of H-pyrrole nitrogens is 2. The van der Waals surface area contributed by atoms with Gasteiger partial charge in [-0.3, -0.25) is 10.2 Å². The van der Waals surface area contributed by atoms with Crippen molar-refractivity contribution in [2.75, 3.05) is 0 Å². The van der Waals surface area contributed by atoms with Crippen molar-refractivity contribution >= 4 is 30.3 Å². The number of nitrogens with one attached hydrogen (secondary N) is 2. The summed E-state index contributed by atoms with van der Waals surface area (Å²) in [5.41, 5.74) is 1.86. The first-order chi connectivity index (χ1) is 9.98.